The third-order valence-electron chi connectivity index (χ3n) is 2.85. The first-order valence-electron chi connectivity index (χ1n) is 8.04. The van der Waals surface area contributed by atoms with Crippen molar-refractivity contribution in [2.45, 2.75) is 44.1 Å². The topological polar surface area (TPSA) is 208 Å². The van der Waals surface area contributed by atoms with Crippen LogP contribution in [0.3, 0.4) is 0 Å². The van der Waals surface area contributed by atoms with Crippen molar-refractivity contribution in [1.29, 1.82) is 0 Å². The summed E-state index contributed by atoms with van der Waals surface area (Å²) in [5.74, 6) is -1.76. The highest BCUT2D eigenvalue weighted by atomic mass is 16.5. The Morgan fingerprint density at radius 1 is 0.929 bits per heavy atom. The van der Waals surface area contributed by atoms with Gasteiger partial charge in [-0.25, -0.2) is 4.79 Å². The lowest BCUT2D eigenvalue weighted by molar-refractivity contribution is -0.127. The molecule has 0 aliphatic carbocycles. The minimum Gasteiger partial charge on any atom is -0.497 e. The van der Waals surface area contributed by atoms with Crippen LogP contribution in [0.1, 0.15) is 24.2 Å². The lowest BCUT2D eigenvalue weighted by Gasteiger charge is -2.24. The summed E-state index contributed by atoms with van der Waals surface area (Å²) in [6.07, 6.45) is -6.39. The fraction of sp³-hybridized carbons (Fsp3) is 0.588. The van der Waals surface area contributed by atoms with E-state index in [1.165, 1.54) is 33.1 Å². The van der Waals surface area contributed by atoms with Gasteiger partial charge in [-0.3, -0.25) is 0 Å². The summed E-state index contributed by atoms with van der Waals surface area (Å²) in [5, 5.41) is 76.8. The number of carboxylic acids is 1. The molecule has 0 saturated carbocycles. The molecule has 0 fully saturated rings. The van der Waals surface area contributed by atoms with Crippen molar-refractivity contribution in [3.8, 4) is 5.75 Å². The molecule has 0 aliphatic rings. The van der Waals surface area contributed by atoms with Gasteiger partial charge in [0.2, 0.25) is 0 Å². The van der Waals surface area contributed by atoms with Crippen LogP contribution >= 0.6 is 0 Å². The van der Waals surface area contributed by atoms with Crippen LogP contribution < -0.4 is 4.74 Å². The first-order valence-corrected chi connectivity index (χ1v) is 8.04. The molecule has 0 bridgehead atoms. The van der Waals surface area contributed by atoms with E-state index in [0.717, 1.165) is 0 Å². The molecule has 0 spiro atoms. The van der Waals surface area contributed by atoms with E-state index in [-0.39, 0.29) is 5.56 Å². The lowest BCUT2D eigenvalue weighted by atomic mass is 10.0. The number of carboxylic acid groups (broad SMARTS) is 1. The Balaban J connectivity index is 0. The molecule has 9 N–H and O–H groups in total. The highest BCUT2D eigenvalue weighted by molar-refractivity contribution is 5.87. The fourth-order valence-electron chi connectivity index (χ4n) is 1.40. The maximum atomic E-state index is 10.4. The normalized spacial score (nSPS) is 15.0. The van der Waals surface area contributed by atoms with E-state index in [1.807, 2.05) is 0 Å². The largest absolute Gasteiger partial charge is 0.497 e. The summed E-state index contributed by atoms with van der Waals surface area (Å²) in [6.45, 7) is 1.15. The molecular formula is C17H30O11. The van der Waals surface area contributed by atoms with Crippen LogP contribution in [0.25, 0.3) is 0 Å². The Morgan fingerprint density at radius 2 is 1.25 bits per heavy atom. The smallest absolute Gasteiger partial charge is 0.335 e. The minimum absolute atomic E-state index is 0.269. The Labute approximate surface area is 162 Å². The predicted molar refractivity (Wildman–Crippen MR) is 96.7 cm³/mol. The van der Waals surface area contributed by atoms with Crippen molar-refractivity contribution >= 4 is 5.97 Å². The molecule has 11 heteroatoms. The van der Waals surface area contributed by atoms with Gasteiger partial charge in [0.25, 0.3) is 0 Å². The van der Waals surface area contributed by atoms with E-state index in [1.54, 1.807) is 12.1 Å². The molecule has 0 saturated heterocycles. The van der Waals surface area contributed by atoms with Crippen LogP contribution in [0, 0.1) is 0 Å². The van der Waals surface area contributed by atoms with Gasteiger partial charge in [-0.2, -0.15) is 0 Å². The van der Waals surface area contributed by atoms with Crippen molar-refractivity contribution in [1.82, 2.24) is 0 Å². The lowest BCUT2D eigenvalue weighted by Crippen LogP contribution is -2.46. The molecule has 164 valence electrons. The number of benzene rings is 1. The van der Waals surface area contributed by atoms with Gasteiger partial charge >= 0.3 is 5.97 Å². The third-order valence-corrected chi connectivity index (χ3v) is 2.85. The van der Waals surface area contributed by atoms with Crippen LogP contribution in [0.2, 0.25) is 0 Å². The zero-order valence-corrected chi connectivity index (χ0v) is 15.9. The molecule has 11 nitrogen and oxygen atoms in total. The van der Waals surface area contributed by atoms with E-state index in [0.29, 0.717) is 5.75 Å². The maximum Gasteiger partial charge on any atom is 0.335 e. The summed E-state index contributed by atoms with van der Waals surface area (Å²) < 4.78 is 4.86. The van der Waals surface area contributed by atoms with Crippen LogP contribution in [-0.2, 0) is 0 Å². The molecule has 0 heterocycles. The van der Waals surface area contributed by atoms with Crippen molar-refractivity contribution < 1.29 is 55.5 Å². The van der Waals surface area contributed by atoms with Gasteiger partial charge in [0.05, 0.1) is 25.9 Å². The number of aromatic carboxylic acids is 1. The van der Waals surface area contributed by atoms with E-state index < -0.39 is 49.4 Å². The Hall–Kier alpha value is -1.83. The maximum absolute atomic E-state index is 10.4. The summed E-state index contributed by atoms with van der Waals surface area (Å²) in [7, 11) is 1.54. The van der Waals surface area contributed by atoms with Crippen molar-refractivity contribution in [3.05, 3.63) is 29.8 Å². The average molecular weight is 410 g/mol. The van der Waals surface area contributed by atoms with Gasteiger partial charge in [-0.15, -0.1) is 0 Å². The van der Waals surface area contributed by atoms with Crippen molar-refractivity contribution in [3.63, 3.8) is 0 Å². The zero-order valence-electron chi connectivity index (χ0n) is 15.9. The van der Waals surface area contributed by atoms with Crippen LogP contribution in [0.15, 0.2) is 24.3 Å². The first-order chi connectivity index (χ1) is 12.8. The molecule has 28 heavy (non-hydrogen) atoms. The number of ether oxygens (including phenoxy) is 1. The Morgan fingerprint density at radius 3 is 1.46 bits per heavy atom. The van der Waals surface area contributed by atoms with E-state index in [2.05, 4.69) is 0 Å². The van der Waals surface area contributed by atoms with Gasteiger partial charge in [0.1, 0.15) is 30.2 Å². The first kappa shape index (κ1) is 28.4. The van der Waals surface area contributed by atoms with Crippen LogP contribution in [0.4, 0.5) is 0 Å². The van der Waals surface area contributed by atoms with Gasteiger partial charge in [0, 0.05) is 0 Å². The number of methoxy groups -OCH3 is 1. The van der Waals surface area contributed by atoms with Gasteiger partial charge < -0.3 is 50.7 Å². The highest BCUT2D eigenvalue weighted by Crippen LogP contribution is 2.10. The number of rotatable bonds is 7. The second kappa shape index (κ2) is 14.2. The zero-order chi connectivity index (χ0) is 22.5. The number of aliphatic hydroxyl groups excluding tert-OH is 6. The molecule has 0 amide bonds. The van der Waals surface area contributed by atoms with Crippen LogP contribution in [0.5, 0.6) is 5.75 Å². The molecule has 1 aromatic rings. The second-order valence-electron chi connectivity index (χ2n) is 6.01. The molecule has 4 atom stereocenters. The standard InChI is InChI=1S/C8H8O3.C6H14O6.C3H8O2/c1-11-7-4-2-6(3-5-7)8(9)10;7-1-3(9)5(11)6(12)4(10)2-8;1-3(2,4)5/h2-5H,1H3,(H,9,10);3-12H,1-2H2;4-5H,1-2H3. The van der Waals surface area contributed by atoms with E-state index >= 15 is 0 Å². The number of carbonyl (C=O) groups is 1. The second-order valence-corrected chi connectivity index (χ2v) is 6.01. The fourth-order valence-corrected chi connectivity index (χ4v) is 1.40. The van der Waals surface area contributed by atoms with Crippen LogP contribution in [-0.4, -0.2) is 102 Å². The monoisotopic (exact) mass is 410 g/mol. The third kappa shape index (κ3) is 14.3. The minimum atomic E-state index is -1.67. The Bertz CT molecular complexity index is 507. The SMILES string of the molecule is CC(C)(O)O.COc1ccc(C(=O)O)cc1.OCC(O)C(O)C(O)C(O)CO. The summed E-state index contributed by atoms with van der Waals surface area (Å²) in [6, 6.07) is 6.23. The van der Waals surface area contributed by atoms with Gasteiger partial charge in [-0.1, -0.05) is 0 Å². The molecular weight excluding hydrogens is 380 g/mol. The summed E-state index contributed by atoms with van der Waals surface area (Å²) >= 11 is 0. The molecule has 0 aromatic heterocycles. The predicted octanol–water partition coefficient (Wildman–Crippen LogP) is -2.48. The number of hydrogen-bond acceptors (Lipinski definition) is 10. The Kier molecular flexibility index (Phi) is 14.4. The number of hydrogen-bond donors (Lipinski definition) is 9. The van der Waals surface area contributed by atoms with Gasteiger partial charge in [-0.05, 0) is 38.1 Å². The molecule has 0 aliphatic heterocycles. The molecule has 1 rings (SSSR count). The average Bonchev–Trinajstić information content (AvgIpc) is 2.64. The molecule has 4 unspecified atom stereocenters. The van der Waals surface area contributed by atoms with Gasteiger partial charge in [0.15, 0.2) is 5.79 Å². The van der Waals surface area contributed by atoms with Crippen molar-refractivity contribution in [2.24, 2.45) is 0 Å². The van der Waals surface area contributed by atoms with E-state index in [9.17, 15) is 4.79 Å². The number of aliphatic hydroxyl groups is 8. The highest BCUT2D eigenvalue weighted by Gasteiger charge is 2.29. The van der Waals surface area contributed by atoms with Crippen molar-refractivity contribution in [2.75, 3.05) is 20.3 Å². The van der Waals surface area contributed by atoms with E-state index in [4.69, 9.17) is 50.7 Å². The molecule has 1 aromatic carbocycles. The molecule has 0 radical (unpaired) electrons. The summed E-state index contributed by atoms with van der Waals surface area (Å²) in [4.78, 5) is 10.4. The summed E-state index contributed by atoms with van der Waals surface area (Å²) in [5.41, 5.74) is 0.269. The quantitative estimate of drug-likeness (QED) is 0.215.